The second kappa shape index (κ2) is 5.45. The van der Waals surface area contributed by atoms with Crippen LogP contribution in [0.15, 0.2) is 24.3 Å². The van der Waals surface area contributed by atoms with Gasteiger partial charge in [-0.15, -0.1) is 0 Å². The molecule has 0 saturated carbocycles. The monoisotopic (exact) mass is 286 g/mol. The molecule has 0 aliphatic carbocycles. The van der Waals surface area contributed by atoms with Crippen molar-refractivity contribution in [3.8, 4) is 0 Å². The molecular formula is C11H14N2O3S2. The van der Waals surface area contributed by atoms with Gasteiger partial charge in [-0.1, -0.05) is 24.4 Å². The quantitative estimate of drug-likeness (QED) is 0.795. The van der Waals surface area contributed by atoms with Gasteiger partial charge >= 0.3 is 0 Å². The number of rotatable bonds is 4. The molecule has 5 nitrogen and oxygen atoms in total. The number of hydrogen-bond acceptors (Lipinski definition) is 4. The van der Waals surface area contributed by atoms with Crippen LogP contribution in [0.25, 0.3) is 0 Å². The van der Waals surface area contributed by atoms with Gasteiger partial charge in [-0.3, -0.25) is 4.79 Å². The molecule has 3 N–H and O–H groups in total. The molecule has 7 heteroatoms. The van der Waals surface area contributed by atoms with Crippen molar-refractivity contribution < 1.29 is 13.2 Å². The molecule has 1 rings (SSSR count). The van der Waals surface area contributed by atoms with Crippen molar-refractivity contribution in [2.75, 3.05) is 11.6 Å². The Bertz CT molecular complexity index is 582. The zero-order valence-electron chi connectivity index (χ0n) is 10.0. The third kappa shape index (κ3) is 3.51. The third-order valence-electron chi connectivity index (χ3n) is 2.46. The lowest BCUT2D eigenvalue weighted by Crippen LogP contribution is -2.32. The minimum Gasteiger partial charge on any atom is -0.389 e. The fourth-order valence-electron chi connectivity index (χ4n) is 1.24. The number of hydrogen-bond donors (Lipinski definition) is 2. The number of sulfone groups is 1. The summed E-state index contributed by atoms with van der Waals surface area (Å²) in [6, 6.07) is 6.69. The molecule has 0 heterocycles. The lowest BCUT2D eigenvalue weighted by Gasteiger charge is -2.13. The first kappa shape index (κ1) is 14.6. The Balaban J connectivity index is 2.99. The molecule has 1 aromatic rings. The molecule has 0 radical (unpaired) electrons. The molecular weight excluding hydrogens is 272 g/mol. The summed E-state index contributed by atoms with van der Waals surface area (Å²) in [6.07, 6.45) is 1.01. The van der Waals surface area contributed by atoms with Crippen LogP contribution in [-0.2, 0) is 14.6 Å². The standard InChI is InChI=1S/C11H14N2O3S2/c1-7(18(2,15)16)11(14)13-9-6-4-3-5-8(9)10(12)17/h3-7H,1-2H3,(H2,12,17)(H,13,14). The fourth-order valence-corrected chi connectivity index (χ4v) is 1.86. The van der Waals surface area contributed by atoms with Crippen molar-refractivity contribution in [1.29, 1.82) is 0 Å². The highest BCUT2D eigenvalue weighted by Crippen LogP contribution is 2.15. The maximum atomic E-state index is 11.8. The molecule has 1 atom stereocenters. The van der Waals surface area contributed by atoms with Crippen LogP contribution in [0.4, 0.5) is 5.69 Å². The molecule has 0 aliphatic heterocycles. The van der Waals surface area contributed by atoms with Crippen molar-refractivity contribution in [1.82, 2.24) is 0 Å². The van der Waals surface area contributed by atoms with E-state index in [1.807, 2.05) is 0 Å². The average molecular weight is 286 g/mol. The van der Waals surface area contributed by atoms with Gasteiger partial charge in [-0.05, 0) is 19.1 Å². The van der Waals surface area contributed by atoms with E-state index >= 15 is 0 Å². The van der Waals surface area contributed by atoms with Crippen molar-refractivity contribution in [2.24, 2.45) is 5.73 Å². The van der Waals surface area contributed by atoms with Gasteiger partial charge in [-0.2, -0.15) is 0 Å². The van der Waals surface area contributed by atoms with Crippen LogP contribution >= 0.6 is 12.2 Å². The van der Waals surface area contributed by atoms with E-state index in [9.17, 15) is 13.2 Å². The van der Waals surface area contributed by atoms with Gasteiger partial charge in [0.1, 0.15) is 10.2 Å². The van der Waals surface area contributed by atoms with E-state index < -0.39 is 21.0 Å². The molecule has 0 aliphatic rings. The first-order valence-corrected chi connectivity index (χ1v) is 7.48. The summed E-state index contributed by atoms with van der Waals surface area (Å²) in [7, 11) is -3.43. The highest BCUT2D eigenvalue weighted by atomic mass is 32.2. The second-order valence-corrected chi connectivity index (χ2v) is 6.68. The van der Waals surface area contributed by atoms with E-state index in [0.29, 0.717) is 11.3 Å². The Hall–Kier alpha value is -1.47. The molecule has 0 bridgehead atoms. The van der Waals surface area contributed by atoms with E-state index in [2.05, 4.69) is 5.32 Å². The van der Waals surface area contributed by atoms with Gasteiger partial charge in [0, 0.05) is 11.8 Å². The molecule has 0 aromatic heterocycles. The Morgan fingerprint density at radius 1 is 1.39 bits per heavy atom. The van der Waals surface area contributed by atoms with Gasteiger partial charge in [0.2, 0.25) is 5.91 Å². The predicted octanol–water partition coefficient (Wildman–Crippen LogP) is 0.692. The molecule has 1 amide bonds. The summed E-state index contributed by atoms with van der Waals surface area (Å²) in [6.45, 7) is 1.33. The summed E-state index contributed by atoms with van der Waals surface area (Å²) in [5.41, 5.74) is 6.42. The Labute approximate surface area is 111 Å². The number of carbonyl (C=O) groups excluding carboxylic acids is 1. The summed E-state index contributed by atoms with van der Waals surface area (Å²) in [5, 5.41) is 1.38. The van der Waals surface area contributed by atoms with Crippen LogP contribution in [0.5, 0.6) is 0 Å². The zero-order valence-corrected chi connectivity index (χ0v) is 11.6. The van der Waals surface area contributed by atoms with Crippen LogP contribution in [-0.4, -0.2) is 30.8 Å². The number of amides is 1. The fraction of sp³-hybridized carbons (Fsp3) is 0.273. The van der Waals surface area contributed by atoms with Gasteiger partial charge in [0.15, 0.2) is 9.84 Å². The van der Waals surface area contributed by atoms with Crippen molar-refractivity contribution in [3.63, 3.8) is 0 Å². The van der Waals surface area contributed by atoms with Gasteiger partial charge in [0.05, 0.1) is 5.69 Å². The number of thiocarbonyl (C=S) groups is 1. The molecule has 18 heavy (non-hydrogen) atoms. The number of nitrogens with one attached hydrogen (secondary N) is 1. The highest BCUT2D eigenvalue weighted by Gasteiger charge is 2.24. The number of benzene rings is 1. The minimum absolute atomic E-state index is 0.137. The largest absolute Gasteiger partial charge is 0.389 e. The summed E-state index contributed by atoms with van der Waals surface area (Å²) in [5.74, 6) is -0.610. The van der Waals surface area contributed by atoms with Crippen molar-refractivity contribution in [2.45, 2.75) is 12.2 Å². The van der Waals surface area contributed by atoms with Crippen LogP contribution in [0.2, 0.25) is 0 Å². The number of carbonyl (C=O) groups is 1. The third-order valence-corrected chi connectivity index (χ3v) is 4.18. The number of anilines is 1. The lowest BCUT2D eigenvalue weighted by molar-refractivity contribution is -0.115. The normalized spacial score (nSPS) is 12.8. The van der Waals surface area contributed by atoms with E-state index in [1.165, 1.54) is 6.92 Å². The molecule has 0 spiro atoms. The number of para-hydroxylation sites is 1. The van der Waals surface area contributed by atoms with E-state index in [1.54, 1.807) is 24.3 Å². The molecule has 0 saturated heterocycles. The van der Waals surface area contributed by atoms with Gasteiger partial charge < -0.3 is 11.1 Å². The Morgan fingerprint density at radius 3 is 2.44 bits per heavy atom. The molecule has 1 unspecified atom stereocenters. The maximum Gasteiger partial charge on any atom is 0.242 e. The van der Waals surface area contributed by atoms with Crippen molar-refractivity contribution >= 4 is 38.6 Å². The zero-order chi connectivity index (χ0) is 13.9. The number of nitrogens with two attached hydrogens (primary N) is 1. The minimum atomic E-state index is -3.43. The molecule has 98 valence electrons. The van der Waals surface area contributed by atoms with Crippen LogP contribution < -0.4 is 11.1 Å². The smallest absolute Gasteiger partial charge is 0.242 e. The SMILES string of the molecule is CC(C(=O)Nc1ccccc1C(N)=S)S(C)(=O)=O. The van der Waals surface area contributed by atoms with Gasteiger partial charge in [0.25, 0.3) is 0 Å². The van der Waals surface area contributed by atoms with E-state index in [4.69, 9.17) is 18.0 Å². The van der Waals surface area contributed by atoms with Crippen LogP contribution in [0.1, 0.15) is 12.5 Å². The molecule has 1 aromatic carbocycles. The first-order chi connectivity index (χ1) is 8.23. The average Bonchev–Trinajstić information content (AvgIpc) is 2.27. The lowest BCUT2D eigenvalue weighted by atomic mass is 10.1. The van der Waals surface area contributed by atoms with E-state index in [-0.39, 0.29) is 4.99 Å². The summed E-state index contributed by atoms with van der Waals surface area (Å²) < 4.78 is 22.5. The van der Waals surface area contributed by atoms with Crippen LogP contribution in [0.3, 0.4) is 0 Å². The Kier molecular flexibility index (Phi) is 4.42. The van der Waals surface area contributed by atoms with Gasteiger partial charge in [-0.25, -0.2) is 8.42 Å². The topological polar surface area (TPSA) is 89.3 Å². The first-order valence-electron chi connectivity index (χ1n) is 5.12. The second-order valence-electron chi connectivity index (χ2n) is 3.87. The summed E-state index contributed by atoms with van der Waals surface area (Å²) >= 11 is 4.85. The highest BCUT2D eigenvalue weighted by molar-refractivity contribution is 7.92. The predicted molar refractivity (Wildman–Crippen MR) is 75.3 cm³/mol. The van der Waals surface area contributed by atoms with E-state index in [0.717, 1.165) is 6.26 Å². The molecule has 0 fully saturated rings. The van der Waals surface area contributed by atoms with Crippen LogP contribution in [0, 0.1) is 0 Å². The summed E-state index contributed by atoms with van der Waals surface area (Å²) in [4.78, 5) is 11.9. The van der Waals surface area contributed by atoms with Crippen molar-refractivity contribution in [3.05, 3.63) is 29.8 Å². The maximum absolute atomic E-state index is 11.8. The Morgan fingerprint density at radius 2 is 1.94 bits per heavy atom.